The van der Waals surface area contributed by atoms with Gasteiger partial charge >= 0.3 is 0 Å². The van der Waals surface area contributed by atoms with E-state index in [1.54, 1.807) is 0 Å². The van der Waals surface area contributed by atoms with Crippen LogP contribution in [0.3, 0.4) is 0 Å². The van der Waals surface area contributed by atoms with Crippen LogP contribution in [0.4, 0.5) is 0 Å². The number of rotatable bonds is 14. The smallest absolute Gasteiger partial charge is 0.211 e. The van der Waals surface area contributed by atoms with E-state index in [2.05, 4.69) is 62.1 Å². The summed E-state index contributed by atoms with van der Waals surface area (Å²) in [4.78, 5) is 25.4. The van der Waals surface area contributed by atoms with Crippen LogP contribution in [-0.4, -0.2) is 42.4 Å². The topological polar surface area (TPSA) is 34.1 Å². The van der Waals surface area contributed by atoms with Gasteiger partial charge in [0, 0.05) is 43.3 Å². The number of thioether (sulfide) groups is 8. The van der Waals surface area contributed by atoms with Crippen LogP contribution in [0.25, 0.3) is 0 Å². The highest BCUT2D eigenvalue weighted by molar-refractivity contribution is 8.25. The first-order valence-electron chi connectivity index (χ1n) is 11.3. The highest BCUT2D eigenvalue weighted by atomic mass is 32.2. The SMILES string of the molecule is C=CC(=O)SCC1=CSC(CSC(C)c2ccc(C(C)SCC3SC=C(CSC(=O)C=C)S3)cc2)S1. The zero-order chi connectivity index (χ0) is 25.9. The Kier molecular flexibility index (Phi) is 14.1. The maximum atomic E-state index is 11.4. The molecule has 0 N–H and O–H groups in total. The van der Waals surface area contributed by atoms with Gasteiger partial charge in [-0.3, -0.25) is 9.59 Å². The largest absolute Gasteiger partial charge is 0.282 e. The number of carbonyl (C=O) groups is 2. The summed E-state index contributed by atoms with van der Waals surface area (Å²) < 4.78 is 1.04. The third kappa shape index (κ3) is 10.5. The summed E-state index contributed by atoms with van der Waals surface area (Å²) in [5.41, 5.74) is 2.74. The Morgan fingerprint density at radius 2 is 1.19 bits per heavy atom. The van der Waals surface area contributed by atoms with E-state index in [1.165, 1.54) is 56.6 Å². The van der Waals surface area contributed by atoms with Crippen molar-refractivity contribution in [3.05, 3.63) is 81.3 Å². The van der Waals surface area contributed by atoms with E-state index in [9.17, 15) is 9.59 Å². The highest BCUT2D eigenvalue weighted by Gasteiger charge is 2.22. The molecule has 4 atom stereocenters. The summed E-state index contributed by atoms with van der Waals surface area (Å²) in [5, 5.41) is 5.40. The molecule has 2 aliphatic heterocycles. The van der Waals surface area contributed by atoms with Gasteiger partial charge in [-0.15, -0.1) is 47.0 Å². The van der Waals surface area contributed by atoms with E-state index in [-0.39, 0.29) is 10.2 Å². The predicted octanol–water partition coefficient (Wildman–Crippen LogP) is 9.46. The van der Waals surface area contributed by atoms with Crippen molar-refractivity contribution in [2.45, 2.75) is 33.5 Å². The van der Waals surface area contributed by atoms with Gasteiger partial charge in [0.1, 0.15) is 0 Å². The van der Waals surface area contributed by atoms with Crippen LogP contribution in [0.2, 0.25) is 0 Å². The van der Waals surface area contributed by atoms with Crippen LogP contribution in [-0.2, 0) is 9.59 Å². The minimum atomic E-state index is 0.0411. The van der Waals surface area contributed by atoms with E-state index >= 15 is 0 Å². The molecule has 0 spiro atoms. The van der Waals surface area contributed by atoms with Crippen LogP contribution in [0.15, 0.2) is 70.2 Å². The summed E-state index contributed by atoms with van der Waals surface area (Å²) in [7, 11) is 0. The van der Waals surface area contributed by atoms with Gasteiger partial charge in [-0.2, -0.15) is 23.5 Å². The summed E-state index contributed by atoms with van der Waals surface area (Å²) in [6.07, 6.45) is 2.77. The highest BCUT2D eigenvalue weighted by Crippen LogP contribution is 2.46. The van der Waals surface area contributed by atoms with Crippen molar-refractivity contribution >= 4 is 104 Å². The molecule has 10 heteroatoms. The molecule has 0 aliphatic carbocycles. The first kappa shape index (κ1) is 30.9. The Hall–Kier alpha value is 0.320. The van der Waals surface area contributed by atoms with Gasteiger partial charge in [0.25, 0.3) is 0 Å². The molecule has 0 saturated carbocycles. The second-order valence-electron chi connectivity index (χ2n) is 7.78. The fourth-order valence-electron chi connectivity index (χ4n) is 3.11. The van der Waals surface area contributed by atoms with Crippen LogP contribution in [0, 0.1) is 0 Å². The number of hydrogen-bond donors (Lipinski definition) is 0. The van der Waals surface area contributed by atoms with E-state index in [4.69, 9.17) is 0 Å². The Morgan fingerprint density at radius 1 is 0.806 bits per heavy atom. The number of hydrogen-bond acceptors (Lipinski definition) is 10. The molecule has 0 fully saturated rings. The predicted molar refractivity (Wildman–Crippen MR) is 178 cm³/mol. The second-order valence-corrected chi connectivity index (χ2v) is 17.9. The molecule has 2 aliphatic rings. The molecule has 0 bridgehead atoms. The zero-order valence-electron chi connectivity index (χ0n) is 20.3. The number of carbonyl (C=O) groups excluding carboxylic acids is 2. The van der Waals surface area contributed by atoms with Crippen molar-refractivity contribution in [2.24, 2.45) is 0 Å². The standard InChI is InChI=1S/C26H30O2S8/c1-5-23(27)31-11-21-13-33-25(35-21)15-29-17(3)19-7-9-20(10-8-19)18(4)30-16-26-34-14-22(36-26)12-32-24(28)6-2/h5-10,13-14,17-18,25-26H,1-2,11-12,15-16H2,3-4H3. The molecule has 2 heterocycles. The Balaban J connectivity index is 1.35. The molecular weight excluding hydrogens is 601 g/mol. The molecule has 4 unspecified atom stereocenters. The van der Waals surface area contributed by atoms with Gasteiger partial charge in [0.15, 0.2) is 0 Å². The Bertz CT molecular complexity index is 909. The quantitative estimate of drug-likeness (QED) is 0.185. The monoisotopic (exact) mass is 630 g/mol. The molecule has 0 amide bonds. The average Bonchev–Trinajstić information content (AvgIpc) is 3.56. The molecule has 0 radical (unpaired) electrons. The maximum Gasteiger partial charge on any atom is 0.211 e. The van der Waals surface area contributed by atoms with Crippen molar-refractivity contribution in [3.8, 4) is 0 Å². The maximum absolute atomic E-state index is 11.4. The lowest BCUT2D eigenvalue weighted by molar-refractivity contribution is -0.107. The van der Waals surface area contributed by atoms with Crippen molar-refractivity contribution < 1.29 is 9.59 Å². The molecule has 1 aromatic carbocycles. The molecule has 2 nitrogen and oxygen atoms in total. The zero-order valence-corrected chi connectivity index (χ0v) is 26.8. The van der Waals surface area contributed by atoms with Gasteiger partial charge in [0.05, 0.1) is 9.16 Å². The Labute approximate surface area is 249 Å². The van der Waals surface area contributed by atoms with Gasteiger partial charge in [-0.05, 0) is 47.9 Å². The minimum absolute atomic E-state index is 0.0411. The normalized spacial score (nSPS) is 20.9. The molecule has 0 saturated heterocycles. The van der Waals surface area contributed by atoms with E-state index < -0.39 is 0 Å². The fourth-order valence-corrected chi connectivity index (χ4v) is 12.6. The molecular formula is C26H30O2S8. The lowest BCUT2D eigenvalue weighted by atomic mass is 10.1. The van der Waals surface area contributed by atoms with Crippen molar-refractivity contribution in [1.29, 1.82) is 0 Å². The minimum Gasteiger partial charge on any atom is -0.282 e. The summed E-state index contributed by atoms with van der Waals surface area (Å²) in [5.74, 6) is 3.67. The van der Waals surface area contributed by atoms with Crippen LogP contribution in [0.5, 0.6) is 0 Å². The number of benzene rings is 1. The molecule has 3 rings (SSSR count). The van der Waals surface area contributed by atoms with Crippen LogP contribution >= 0.6 is 94.1 Å². The van der Waals surface area contributed by atoms with Crippen LogP contribution < -0.4 is 0 Å². The van der Waals surface area contributed by atoms with Gasteiger partial charge < -0.3 is 0 Å². The third-order valence-corrected chi connectivity index (χ3v) is 16.1. The first-order chi connectivity index (χ1) is 17.4. The van der Waals surface area contributed by atoms with Crippen molar-refractivity contribution in [3.63, 3.8) is 0 Å². The summed E-state index contributed by atoms with van der Waals surface area (Å²) >= 11 is 14.2. The average molecular weight is 631 g/mol. The lowest BCUT2D eigenvalue weighted by Gasteiger charge is -2.17. The van der Waals surface area contributed by atoms with E-state index in [1.807, 2.05) is 70.6 Å². The fraction of sp³-hybridized carbons (Fsp3) is 0.385. The summed E-state index contributed by atoms with van der Waals surface area (Å²) in [6.45, 7) is 11.6. The summed E-state index contributed by atoms with van der Waals surface area (Å²) in [6, 6.07) is 9.14. The van der Waals surface area contributed by atoms with Crippen molar-refractivity contribution in [1.82, 2.24) is 0 Å². The Morgan fingerprint density at radius 3 is 1.56 bits per heavy atom. The lowest BCUT2D eigenvalue weighted by Crippen LogP contribution is -2.01. The van der Waals surface area contributed by atoms with E-state index in [0.717, 1.165) is 23.0 Å². The second kappa shape index (κ2) is 16.4. The van der Waals surface area contributed by atoms with Gasteiger partial charge in [0.2, 0.25) is 10.2 Å². The molecule has 1 aromatic rings. The molecule has 194 valence electrons. The van der Waals surface area contributed by atoms with Crippen LogP contribution in [0.1, 0.15) is 35.5 Å². The molecule has 0 aromatic heterocycles. The van der Waals surface area contributed by atoms with Gasteiger partial charge in [-0.25, -0.2) is 0 Å². The third-order valence-electron chi connectivity index (χ3n) is 5.15. The van der Waals surface area contributed by atoms with E-state index in [0.29, 0.717) is 19.7 Å². The first-order valence-corrected chi connectivity index (χ1v) is 19.0. The molecule has 36 heavy (non-hydrogen) atoms. The van der Waals surface area contributed by atoms with Crippen molar-refractivity contribution in [2.75, 3.05) is 23.0 Å². The van der Waals surface area contributed by atoms with Gasteiger partial charge in [-0.1, -0.05) is 60.9 Å².